The van der Waals surface area contributed by atoms with Gasteiger partial charge in [-0.25, -0.2) is 4.79 Å². The minimum Gasteiger partial charge on any atom is -0.492 e. The van der Waals surface area contributed by atoms with E-state index in [-0.39, 0.29) is 42.0 Å². The van der Waals surface area contributed by atoms with Gasteiger partial charge in [-0.05, 0) is 37.1 Å². The number of fused-ring (bicyclic) bond motifs is 1. The molecule has 2 amide bonds. The summed E-state index contributed by atoms with van der Waals surface area (Å²) in [5.41, 5.74) is 7.90. The number of nitrogens with zero attached hydrogens (tertiary/aromatic N) is 1. The first-order valence-electron chi connectivity index (χ1n) is 8.73. The number of hydrogen-bond donors (Lipinski definition) is 2. The van der Waals surface area contributed by atoms with Crippen molar-refractivity contribution in [3.05, 3.63) is 64.7 Å². The SMILES string of the molecule is C=Cc1c(C)cc(N)c(C(=O)O)c1OCCCN1C(=O)c2ccccc2C1=O. The van der Waals surface area contributed by atoms with Gasteiger partial charge >= 0.3 is 5.97 Å². The zero-order valence-corrected chi connectivity index (χ0v) is 15.4. The van der Waals surface area contributed by atoms with Crippen molar-refractivity contribution in [3.63, 3.8) is 0 Å². The zero-order chi connectivity index (χ0) is 20.4. The molecule has 1 aliphatic rings. The van der Waals surface area contributed by atoms with Gasteiger partial charge in [0.25, 0.3) is 11.8 Å². The maximum Gasteiger partial charge on any atom is 0.341 e. The van der Waals surface area contributed by atoms with E-state index in [2.05, 4.69) is 6.58 Å². The van der Waals surface area contributed by atoms with Gasteiger partial charge in [0, 0.05) is 12.1 Å². The van der Waals surface area contributed by atoms with Crippen LogP contribution >= 0.6 is 0 Å². The van der Waals surface area contributed by atoms with Gasteiger partial charge in [0.15, 0.2) is 0 Å². The lowest BCUT2D eigenvalue weighted by molar-refractivity contribution is 0.0646. The second-order valence-corrected chi connectivity index (χ2v) is 6.42. The first-order valence-corrected chi connectivity index (χ1v) is 8.73. The van der Waals surface area contributed by atoms with Crippen molar-refractivity contribution < 1.29 is 24.2 Å². The molecule has 3 rings (SSSR count). The second kappa shape index (κ2) is 7.56. The van der Waals surface area contributed by atoms with Gasteiger partial charge in [0.2, 0.25) is 0 Å². The third-order valence-corrected chi connectivity index (χ3v) is 4.63. The average Bonchev–Trinajstić information content (AvgIpc) is 2.89. The van der Waals surface area contributed by atoms with Crippen LogP contribution in [-0.4, -0.2) is 40.9 Å². The summed E-state index contributed by atoms with van der Waals surface area (Å²) in [5, 5.41) is 9.46. The van der Waals surface area contributed by atoms with Gasteiger partial charge < -0.3 is 15.6 Å². The smallest absolute Gasteiger partial charge is 0.341 e. The zero-order valence-electron chi connectivity index (χ0n) is 15.4. The maximum absolute atomic E-state index is 12.4. The predicted molar refractivity (Wildman–Crippen MR) is 105 cm³/mol. The van der Waals surface area contributed by atoms with Crippen LogP contribution in [0.4, 0.5) is 5.69 Å². The Kier molecular flexibility index (Phi) is 5.17. The highest BCUT2D eigenvalue weighted by Gasteiger charge is 2.34. The van der Waals surface area contributed by atoms with Crippen molar-refractivity contribution in [3.8, 4) is 5.75 Å². The summed E-state index contributed by atoms with van der Waals surface area (Å²) in [7, 11) is 0. The molecule has 7 nitrogen and oxygen atoms in total. The third kappa shape index (κ3) is 3.22. The van der Waals surface area contributed by atoms with Crippen LogP contribution in [0.3, 0.4) is 0 Å². The number of carbonyl (C=O) groups excluding carboxylic acids is 2. The molecular weight excluding hydrogens is 360 g/mol. The lowest BCUT2D eigenvalue weighted by Gasteiger charge is -2.18. The van der Waals surface area contributed by atoms with Crippen LogP contribution in [0.25, 0.3) is 6.08 Å². The number of carbonyl (C=O) groups is 3. The van der Waals surface area contributed by atoms with E-state index >= 15 is 0 Å². The standard InChI is InChI=1S/C21H20N2O5/c1-3-13-12(2)11-16(22)17(21(26)27)18(13)28-10-6-9-23-19(24)14-7-4-5-8-15(14)20(23)25/h3-5,7-8,11H,1,6,9-10,22H2,2H3,(H,26,27). The molecule has 28 heavy (non-hydrogen) atoms. The molecule has 0 saturated heterocycles. The number of carboxylic acids is 1. The highest BCUT2D eigenvalue weighted by Crippen LogP contribution is 2.33. The Bertz CT molecular complexity index is 962. The van der Waals surface area contributed by atoms with Crippen LogP contribution in [0.1, 0.15) is 48.6 Å². The van der Waals surface area contributed by atoms with Gasteiger partial charge in [-0.2, -0.15) is 0 Å². The van der Waals surface area contributed by atoms with E-state index in [0.717, 1.165) is 5.56 Å². The molecule has 2 aromatic rings. The molecule has 0 saturated carbocycles. The third-order valence-electron chi connectivity index (χ3n) is 4.63. The molecule has 144 valence electrons. The number of nitrogens with two attached hydrogens (primary N) is 1. The Morgan fingerprint density at radius 1 is 1.25 bits per heavy atom. The van der Waals surface area contributed by atoms with Crippen LogP contribution in [0, 0.1) is 6.92 Å². The summed E-state index contributed by atoms with van der Waals surface area (Å²) in [6, 6.07) is 8.23. The van der Waals surface area contributed by atoms with Crippen LogP contribution in [0.5, 0.6) is 5.75 Å². The van der Waals surface area contributed by atoms with Gasteiger partial charge in [0.1, 0.15) is 11.3 Å². The Labute approximate surface area is 162 Å². The number of carboxylic acid groups (broad SMARTS) is 1. The fourth-order valence-electron chi connectivity index (χ4n) is 3.29. The quantitative estimate of drug-likeness (QED) is 0.434. The van der Waals surface area contributed by atoms with E-state index in [0.29, 0.717) is 23.1 Å². The Hall–Kier alpha value is -3.61. The fourth-order valence-corrected chi connectivity index (χ4v) is 3.29. The number of aromatic carboxylic acids is 1. The van der Waals surface area contributed by atoms with E-state index in [9.17, 15) is 19.5 Å². The summed E-state index contributed by atoms with van der Waals surface area (Å²) < 4.78 is 5.71. The van der Waals surface area contributed by atoms with Gasteiger partial charge in [-0.15, -0.1) is 0 Å². The normalized spacial score (nSPS) is 12.8. The largest absolute Gasteiger partial charge is 0.492 e. The van der Waals surface area contributed by atoms with Gasteiger partial charge in [-0.3, -0.25) is 14.5 Å². The Morgan fingerprint density at radius 2 is 1.86 bits per heavy atom. The molecule has 1 aliphatic heterocycles. The summed E-state index contributed by atoms with van der Waals surface area (Å²) in [6.45, 7) is 5.76. The van der Waals surface area contributed by atoms with Crippen LogP contribution in [0.2, 0.25) is 0 Å². The second-order valence-electron chi connectivity index (χ2n) is 6.42. The van der Waals surface area contributed by atoms with Crippen LogP contribution in [0.15, 0.2) is 36.9 Å². The summed E-state index contributed by atoms with van der Waals surface area (Å²) in [6.07, 6.45) is 1.86. The monoisotopic (exact) mass is 380 g/mol. The molecule has 0 atom stereocenters. The highest BCUT2D eigenvalue weighted by molar-refractivity contribution is 6.21. The molecule has 0 aliphatic carbocycles. The topological polar surface area (TPSA) is 110 Å². The number of ether oxygens (including phenoxy) is 1. The number of benzene rings is 2. The molecule has 2 aromatic carbocycles. The summed E-state index contributed by atoms with van der Waals surface area (Å²) in [5.74, 6) is -1.73. The lowest BCUT2D eigenvalue weighted by Crippen LogP contribution is -2.31. The van der Waals surface area contributed by atoms with E-state index in [1.54, 1.807) is 37.3 Å². The molecule has 0 bridgehead atoms. The molecule has 0 fully saturated rings. The predicted octanol–water partition coefficient (Wildman–Crippen LogP) is 2.98. The first kappa shape index (κ1) is 19.2. The van der Waals surface area contributed by atoms with Crippen molar-refractivity contribution in [2.45, 2.75) is 13.3 Å². The van der Waals surface area contributed by atoms with Gasteiger partial charge in [-0.1, -0.05) is 24.8 Å². The number of amides is 2. The van der Waals surface area contributed by atoms with E-state index < -0.39 is 5.97 Å². The van der Waals surface area contributed by atoms with Crippen LogP contribution in [-0.2, 0) is 0 Å². The fraction of sp³-hybridized carbons (Fsp3) is 0.190. The molecule has 1 heterocycles. The molecule has 0 radical (unpaired) electrons. The number of aryl methyl sites for hydroxylation is 1. The summed E-state index contributed by atoms with van der Waals surface area (Å²) in [4.78, 5) is 37.5. The van der Waals surface area contributed by atoms with E-state index in [1.807, 2.05) is 0 Å². The van der Waals surface area contributed by atoms with Crippen molar-refractivity contribution >= 4 is 29.5 Å². The number of imide groups is 1. The molecule has 0 aromatic heterocycles. The number of anilines is 1. The lowest BCUT2D eigenvalue weighted by atomic mass is 10.0. The highest BCUT2D eigenvalue weighted by atomic mass is 16.5. The van der Waals surface area contributed by atoms with E-state index in [4.69, 9.17) is 10.5 Å². The van der Waals surface area contributed by atoms with Crippen molar-refractivity contribution in [2.24, 2.45) is 0 Å². The molecule has 7 heteroatoms. The summed E-state index contributed by atoms with van der Waals surface area (Å²) >= 11 is 0. The molecule has 3 N–H and O–H groups in total. The van der Waals surface area contributed by atoms with Crippen molar-refractivity contribution in [1.82, 2.24) is 4.90 Å². The minimum atomic E-state index is -1.20. The molecule has 0 unspecified atom stereocenters. The van der Waals surface area contributed by atoms with Crippen molar-refractivity contribution in [2.75, 3.05) is 18.9 Å². The van der Waals surface area contributed by atoms with E-state index in [1.165, 1.54) is 11.0 Å². The number of hydrogen-bond acceptors (Lipinski definition) is 5. The van der Waals surface area contributed by atoms with Crippen molar-refractivity contribution in [1.29, 1.82) is 0 Å². The first-order chi connectivity index (χ1) is 13.4. The molecular formula is C21H20N2O5. The average molecular weight is 380 g/mol. The minimum absolute atomic E-state index is 0.103. The number of nitrogen functional groups attached to an aromatic ring is 1. The Balaban J connectivity index is 1.72. The van der Waals surface area contributed by atoms with Crippen LogP contribution < -0.4 is 10.5 Å². The maximum atomic E-state index is 12.4. The molecule has 0 spiro atoms. The number of rotatable bonds is 7. The Morgan fingerprint density at radius 3 is 2.39 bits per heavy atom. The van der Waals surface area contributed by atoms with Gasteiger partial charge in [0.05, 0.1) is 23.4 Å².